The molecule has 25 heavy (non-hydrogen) atoms. The molecule has 1 aliphatic heterocycles. The molecular formula is C19H20N2O3S. The number of hydrogen-bond acceptors (Lipinski definition) is 4. The first kappa shape index (κ1) is 17.4. The molecule has 1 aromatic carbocycles. The largest absolute Gasteiger partial charge is 0.350 e. The average Bonchev–Trinajstić information content (AvgIpc) is 3.12. The Kier molecular flexibility index (Phi) is 4.47. The zero-order valence-corrected chi connectivity index (χ0v) is 15.2. The van der Waals surface area contributed by atoms with E-state index in [1.165, 1.54) is 11.3 Å². The highest BCUT2D eigenvalue weighted by Gasteiger charge is 2.43. The monoisotopic (exact) mass is 356 g/mol. The van der Waals surface area contributed by atoms with E-state index in [4.69, 9.17) is 0 Å². The first-order chi connectivity index (χ1) is 11.8. The summed E-state index contributed by atoms with van der Waals surface area (Å²) in [5.41, 5.74) is 0.253. The number of fused-ring (bicyclic) bond motifs is 1. The van der Waals surface area contributed by atoms with Crippen LogP contribution < -0.4 is 5.32 Å². The highest BCUT2D eigenvalue weighted by atomic mass is 32.1. The lowest BCUT2D eigenvalue weighted by Gasteiger charge is -2.29. The maximum atomic E-state index is 12.9. The fourth-order valence-electron chi connectivity index (χ4n) is 2.86. The van der Waals surface area contributed by atoms with Crippen molar-refractivity contribution >= 4 is 29.1 Å². The summed E-state index contributed by atoms with van der Waals surface area (Å²) in [6.45, 7) is 5.61. The molecule has 3 rings (SSSR count). The van der Waals surface area contributed by atoms with Crippen LogP contribution in [0.3, 0.4) is 0 Å². The van der Waals surface area contributed by atoms with E-state index >= 15 is 0 Å². The second-order valence-corrected chi connectivity index (χ2v) is 8.10. The van der Waals surface area contributed by atoms with Gasteiger partial charge in [0.2, 0.25) is 5.91 Å². The highest BCUT2D eigenvalue weighted by molar-refractivity contribution is 7.09. The van der Waals surface area contributed by atoms with Gasteiger partial charge >= 0.3 is 0 Å². The van der Waals surface area contributed by atoms with Crippen LogP contribution in [-0.2, 0) is 11.2 Å². The summed E-state index contributed by atoms with van der Waals surface area (Å²) in [5.74, 6) is -1.15. The molecule has 0 saturated carbocycles. The minimum Gasteiger partial charge on any atom is -0.350 e. The summed E-state index contributed by atoms with van der Waals surface area (Å²) in [5, 5.41) is 4.81. The fourth-order valence-corrected chi connectivity index (χ4v) is 3.61. The van der Waals surface area contributed by atoms with Gasteiger partial charge in [0.1, 0.15) is 6.04 Å². The second kappa shape index (κ2) is 6.44. The summed E-state index contributed by atoms with van der Waals surface area (Å²) in [6.07, 6.45) is 0.311. The number of carbonyl (C=O) groups excluding carboxylic acids is 3. The molecule has 0 saturated heterocycles. The molecule has 5 nitrogen and oxygen atoms in total. The topological polar surface area (TPSA) is 66.5 Å². The molecule has 130 valence electrons. The van der Waals surface area contributed by atoms with E-state index in [9.17, 15) is 14.4 Å². The molecule has 1 aromatic heterocycles. The predicted octanol–water partition coefficient (Wildman–Crippen LogP) is 2.87. The second-order valence-electron chi connectivity index (χ2n) is 7.06. The number of rotatable bonds is 4. The Morgan fingerprint density at radius 1 is 1.08 bits per heavy atom. The van der Waals surface area contributed by atoms with Crippen molar-refractivity contribution in [2.24, 2.45) is 0 Å². The lowest BCUT2D eigenvalue weighted by atomic mass is 10.1. The van der Waals surface area contributed by atoms with Gasteiger partial charge in [0.15, 0.2) is 0 Å². The number of thiophene rings is 1. The average molecular weight is 356 g/mol. The molecule has 0 bridgehead atoms. The predicted molar refractivity (Wildman–Crippen MR) is 96.6 cm³/mol. The van der Waals surface area contributed by atoms with E-state index < -0.39 is 23.4 Å². The smallest absolute Gasteiger partial charge is 0.262 e. The van der Waals surface area contributed by atoms with Crippen LogP contribution in [0.2, 0.25) is 0 Å². The summed E-state index contributed by atoms with van der Waals surface area (Å²) in [4.78, 5) is 40.5. The van der Waals surface area contributed by atoms with E-state index in [1.807, 2.05) is 38.3 Å². The molecule has 2 heterocycles. The molecule has 0 fully saturated rings. The Balaban J connectivity index is 1.96. The summed E-state index contributed by atoms with van der Waals surface area (Å²) in [7, 11) is 0. The lowest BCUT2D eigenvalue weighted by molar-refractivity contribution is -0.126. The quantitative estimate of drug-likeness (QED) is 0.857. The Hall–Kier alpha value is -2.47. The van der Waals surface area contributed by atoms with Gasteiger partial charge in [-0.15, -0.1) is 11.3 Å². The molecule has 1 unspecified atom stereocenters. The van der Waals surface area contributed by atoms with Gasteiger partial charge in [-0.3, -0.25) is 19.3 Å². The molecule has 0 aliphatic carbocycles. The number of amides is 3. The first-order valence-corrected chi connectivity index (χ1v) is 8.97. The van der Waals surface area contributed by atoms with Crippen molar-refractivity contribution < 1.29 is 14.4 Å². The third-order valence-electron chi connectivity index (χ3n) is 3.91. The van der Waals surface area contributed by atoms with Crippen LogP contribution in [0.25, 0.3) is 0 Å². The summed E-state index contributed by atoms with van der Waals surface area (Å²) >= 11 is 1.50. The normalized spacial score (nSPS) is 15.2. The van der Waals surface area contributed by atoms with E-state index in [0.29, 0.717) is 17.5 Å². The Bertz CT molecular complexity index is 786. The maximum Gasteiger partial charge on any atom is 0.262 e. The SMILES string of the molecule is CC(C)(C)NC(=O)C(Cc1cccs1)N1C(=O)c2ccccc2C1=O. The van der Waals surface area contributed by atoms with Gasteiger partial charge in [-0.05, 0) is 44.4 Å². The van der Waals surface area contributed by atoms with Crippen LogP contribution in [0.4, 0.5) is 0 Å². The minimum absolute atomic E-state index is 0.311. The van der Waals surface area contributed by atoms with Crippen molar-refractivity contribution in [1.82, 2.24) is 10.2 Å². The zero-order valence-electron chi connectivity index (χ0n) is 14.4. The molecule has 0 radical (unpaired) electrons. The van der Waals surface area contributed by atoms with Crippen LogP contribution in [0, 0.1) is 0 Å². The number of nitrogens with one attached hydrogen (secondary N) is 1. The number of hydrogen-bond donors (Lipinski definition) is 1. The van der Waals surface area contributed by atoms with Gasteiger partial charge in [0, 0.05) is 16.8 Å². The van der Waals surface area contributed by atoms with Crippen LogP contribution in [0.1, 0.15) is 46.4 Å². The number of nitrogens with zero attached hydrogens (tertiary/aromatic N) is 1. The molecule has 6 heteroatoms. The number of carbonyl (C=O) groups is 3. The summed E-state index contributed by atoms with van der Waals surface area (Å²) < 4.78 is 0. The highest BCUT2D eigenvalue weighted by Crippen LogP contribution is 2.27. The van der Waals surface area contributed by atoms with Gasteiger partial charge in [-0.25, -0.2) is 0 Å². The first-order valence-electron chi connectivity index (χ1n) is 8.09. The van der Waals surface area contributed by atoms with Crippen molar-refractivity contribution in [2.45, 2.75) is 38.8 Å². The van der Waals surface area contributed by atoms with E-state index in [2.05, 4.69) is 5.32 Å². The minimum atomic E-state index is -0.870. The Morgan fingerprint density at radius 3 is 2.16 bits per heavy atom. The van der Waals surface area contributed by atoms with Gasteiger partial charge in [-0.2, -0.15) is 0 Å². The Morgan fingerprint density at radius 2 is 1.68 bits per heavy atom. The lowest BCUT2D eigenvalue weighted by Crippen LogP contribution is -2.54. The zero-order chi connectivity index (χ0) is 18.2. The van der Waals surface area contributed by atoms with E-state index in [0.717, 1.165) is 9.78 Å². The van der Waals surface area contributed by atoms with Crippen molar-refractivity contribution in [1.29, 1.82) is 0 Å². The molecule has 1 aliphatic rings. The standard InChI is InChI=1S/C19H20N2O3S/c1-19(2,3)20-16(22)15(11-12-7-6-10-25-12)21-17(23)13-8-4-5-9-14(13)18(21)24/h4-10,15H,11H2,1-3H3,(H,20,22). The molecule has 0 spiro atoms. The van der Waals surface area contributed by atoms with Crippen LogP contribution >= 0.6 is 11.3 Å². The van der Waals surface area contributed by atoms with Gasteiger partial charge in [0.25, 0.3) is 11.8 Å². The Labute approximate surface area is 150 Å². The van der Waals surface area contributed by atoms with Gasteiger partial charge in [-0.1, -0.05) is 18.2 Å². The van der Waals surface area contributed by atoms with E-state index in [-0.39, 0.29) is 5.91 Å². The van der Waals surface area contributed by atoms with Crippen molar-refractivity contribution in [3.8, 4) is 0 Å². The fraction of sp³-hybridized carbons (Fsp3) is 0.316. The molecule has 3 amide bonds. The van der Waals surface area contributed by atoms with Crippen molar-refractivity contribution in [3.05, 3.63) is 57.8 Å². The van der Waals surface area contributed by atoms with Crippen LogP contribution in [-0.4, -0.2) is 34.2 Å². The van der Waals surface area contributed by atoms with E-state index in [1.54, 1.807) is 24.3 Å². The van der Waals surface area contributed by atoms with Gasteiger partial charge < -0.3 is 5.32 Å². The van der Waals surface area contributed by atoms with Crippen molar-refractivity contribution in [2.75, 3.05) is 0 Å². The number of benzene rings is 1. The summed E-state index contributed by atoms with van der Waals surface area (Å²) in [6, 6.07) is 9.61. The molecule has 1 atom stereocenters. The molecular weight excluding hydrogens is 336 g/mol. The number of imide groups is 1. The van der Waals surface area contributed by atoms with Crippen molar-refractivity contribution in [3.63, 3.8) is 0 Å². The molecule has 1 N–H and O–H groups in total. The third kappa shape index (κ3) is 3.49. The maximum absolute atomic E-state index is 12.9. The third-order valence-corrected chi connectivity index (χ3v) is 4.81. The van der Waals surface area contributed by atoms with Crippen LogP contribution in [0.15, 0.2) is 41.8 Å². The molecule has 2 aromatic rings. The van der Waals surface area contributed by atoms with Crippen LogP contribution in [0.5, 0.6) is 0 Å². The van der Waals surface area contributed by atoms with Gasteiger partial charge in [0.05, 0.1) is 11.1 Å².